The van der Waals surface area contributed by atoms with Crippen molar-refractivity contribution in [2.75, 3.05) is 6.54 Å². The van der Waals surface area contributed by atoms with Crippen molar-refractivity contribution < 1.29 is 19.2 Å². The van der Waals surface area contributed by atoms with Gasteiger partial charge < -0.3 is 19.7 Å². The highest BCUT2D eigenvalue weighted by Crippen LogP contribution is 2.25. The number of carbonyl (C=O) groups excluding carboxylic acids is 1. The first kappa shape index (κ1) is 17.8. The number of phenolic OH excluding ortho intramolecular Hbond substituents is 1. The highest BCUT2D eigenvalue weighted by molar-refractivity contribution is 5.67. The lowest BCUT2D eigenvalue weighted by atomic mass is 10.1. The fraction of sp³-hybridized carbons (Fsp3) is 0.471. The van der Waals surface area contributed by atoms with Gasteiger partial charge in [0.1, 0.15) is 11.4 Å². The molecular formula is C17H23N3O4. The third-order valence-electron chi connectivity index (χ3n) is 3.29. The minimum Gasteiger partial charge on any atom is -0.508 e. The third kappa shape index (κ3) is 4.71. The molecule has 0 bridgehead atoms. The molecule has 1 heterocycles. The normalized spacial score (nSPS) is 12.7. The van der Waals surface area contributed by atoms with Gasteiger partial charge in [0.25, 0.3) is 5.89 Å². The van der Waals surface area contributed by atoms with Gasteiger partial charge in [-0.2, -0.15) is 4.98 Å². The van der Waals surface area contributed by atoms with Crippen molar-refractivity contribution in [3.8, 4) is 17.2 Å². The van der Waals surface area contributed by atoms with Crippen molar-refractivity contribution in [2.24, 2.45) is 0 Å². The Kier molecular flexibility index (Phi) is 5.11. The van der Waals surface area contributed by atoms with Gasteiger partial charge in [-0.25, -0.2) is 4.79 Å². The molecule has 0 aliphatic heterocycles. The van der Waals surface area contributed by atoms with E-state index in [-0.39, 0.29) is 11.7 Å². The predicted molar refractivity (Wildman–Crippen MR) is 88.8 cm³/mol. The number of carbonyl (C=O) groups is 1. The molecule has 7 heteroatoms. The van der Waals surface area contributed by atoms with E-state index < -0.39 is 11.7 Å². The molecule has 0 saturated carbocycles. The zero-order valence-electron chi connectivity index (χ0n) is 14.6. The van der Waals surface area contributed by atoms with Gasteiger partial charge in [-0.15, -0.1) is 0 Å². The summed E-state index contributed by atoms with van der Waals surface area (Å²) >= 11 is 0. The molecule has 2 N–H and O–H groups in total. The van der Waals surface area contributed by atoms with Crippen LogP contribution in [0.2, 0.25) is 0 Å². The number of aromatic nitrogens is 2. The summed E-state index contributed by atoms with van der Waals surface area (Å²) in [6.45, 7) is 9.42. The van der Waals surface area contributed by atoms with Gasteiger partial charge in [0.2, 0.25) is 0 Å². The van der Waals surface area contributed by atoms with E-state index in [0.717, 1.165) is 5.56 Å². The van der Waals surface area contributed by atoms with Crippen molar-refractivity contribution in [1.29, 1.82) is 0 Å². The van der Waals surface area contributed by atoms with Crippen LogP contribution < -0.4 is 5.32 Å². The molecule has 1 aromatic carbocycles. The Morgan fingerprint density at radius 2 is 2.12 bits per heavy atom. The molecule has 24 heavy (non-hydrogen) atoms. The third-order valence-corrected chi connectivity index (χ3v) is 3.29. The van der Waals surface area contributed by atoms with Crippen LogP contribution in [0, 0.1) is 6.92 Å². The zero-order valence-corrected chi connectivity index (χ0v) is 14.6. The van der Waals surface area contributed by atoms with Crippen molar-refractivity contribution in [1.82, 2.24) is 15.5 Å². The lowest BCUT2D eigenvalue weighted by Crippen LogP contribution is -2.34. The van der Waals surface area contributed by atoms with E-state index >= 15 is 0 Å². The van der Waals surface area contributed by atoms with E-state index in [1.165, 1.54) is 0 Å². The summed E-state index contributed by atoms with van der Waals surface area (Å²) in [5.41, 5.74) is 0.873. The quantitative estimate of drug-likeness (QED) is 0.890. The molecule has 1 atom stereocenters. The highest BCUT2D eigenvalue weighted by Gasteiger charge is 2.19. The van der Waals surface area contributed by atoms with Crippen molar-refractivity contribution >= 4 is 6.09 Å². The topological polar surface area (TPSA) is 97.5 Å². The van der Waals surface area contributed by atoms with Crippen LogP contribution in [0.4, 0.5) is 4.79 Å². The number of aromatic hydroxyl groups is 1. The number of aryl methyl sites for hydroxylation is 1. The number of alkyl carbamates (subject to hydrolysis) is 1. The second-order valence-electron chi connectivity index (χ2n) is 6.74. The van der Waals surface area contributed by atoms with E-state index in [0.29, 0.717) is 23.8 Å². The Morgan fingerprint density at radius 3 is 2.75 bits per heavy atom. The molecule has 0 saturated heterocycles. The van der Waals surface area contributed by atoms with E-state index in [9.17, 15) is 9.90 Å². The highest BCUT2D eigenvalue weighted by atomic mass is 16.6. The Balaban J connectivity index is 1.99. The number of rotatable bonds is 4. The largest absolute Gasteiger partial charge is 0.508 e. The van der Waals surface area contributed by atoms with Crippen molar-refractivity contribution in [3.05, 3.63) is 29.6 Å². The first-order valence-electron chi connectivity index (χ1n) is 7.76. The molecule has 1 unspecified atom stereocenters. The number of phenols is 1. The lowest BCUT2D eigenvalue weighted by Gasteiger charge is -2.20. The average Bonchev–Trinajstić information content (AvgIpc) is 2.96. The number of ether oxygens (including phenoxy) is 1. The second kappa shape index (κ2) is 6.90. The number of nitrogens with one attached hydrogen (secondary N) is 1. The smallest absolute Gasteiger partial charge is 0.407 e. The number of benzene rings is 1. The number of hydrogen-bond donors (Lipinski definition) is 2. The first-order chi connectivity index (χ1) is 11.2. The molecule has 0 aliphatic carbocycles. The Morgan fingerprint density at radius 1 is 1.42 bits per heavy atom. The molecule has 1 amide bonds. The molecule has 2 aromatic rings. The van der Waals surface area contributed by atoms with Crippen molar-refractivity contribution in [3.63, 3.8) is 0 Å². The standard InChI is InChI=1S/C17H23N3O4/c1-10-6-7-12(8-13(10)21)15-19-14(20-24-15)11(2)9-18-16(22)23-17(3,4)5/h6-8,11,21H,9H2,1-5H3,(H,18,22). The molecule has 0 fully saturated rings. The van der Waals surface area contributed by atoms with Gasteiger partial charge >= 0.3 is 6.09 Å². The van der Waals surface area contributed by atoms with Crippen LogP contribution in [0.1, 0.15) is 45.0 Å². The lowest BCUT2D eigenvalue weighted by molar-refractivity contribution is 0.0524. The second-order valence-corrected chi connectivity index (χ2v) is 6.74. The minimum atomic E-state index is -0.542. The van der Waals surface area contributed by atoms with Crippen LogP contribution in [-0.4, -0.2) is 33.5 Å². The van der Waals surface area contributed by atoms with Crippen LogP contribution in [-0.2, 0) is 4.74 Å². The van der Waals surface area contributed by atoms with Gasteiger partial charge in [0.05, 0.1) is 0 Å². The van der Waals surface area contributed by atoms with E-state index in [2.05, 4.69) is 15.5 Å². The molecule has 1 aromatic heterocycles. The Hall–Kier alpha value is -2.57. The molecule has 0 aliphatic rings. The summed E-state index contributed by atoms with van der Waals surface area (Å²) in [6.07, 6.45) is -0.485. The molecule has 0 radical (unpaired) electrons. The van der Waals surface area contributed by atoms with Gasteiger partial charge in [-0.05, 0) is 45.4 Å². The monoisotopic (exact) mass is 333 g/mol. The SMILES string of the molecule is Cc1ccc(-c2nc(C(C)CNC(=O)OC(C)(C)C)no2)cc1O. The molecule has 2 rings (SSSR count). The summed E-state index contributed by atoms with van der Waals surface area (Å²) in [5.74, 6) is 0.825. The fourth-order valence-electron chi connectivity index (χ4n) is 1.94. The maximum atomic E-state index is 11.7. The first-order valence-corrected chi connectivity index (χ1v) is 7.76. The summed E-state index contributed by atoms with van der Waals surface area (Å²) in [7, 11) is 0. The van der Waals surface area contributed by atoms with Crippen LogP contribution in [0.5, 0.6) is 5.75 Å². The average molecular weight is 333 g/mol. The molecular weight excluding hydrogens is 310 g/mol. The van der Waals surface area contributed by atoms with E-state index in [4.69, 9.17) is 9.26 Å². The number of amides is 1. The van der Waals surface area contributed by atoms with Crippen molar-refractivity contribution in [2.45, 2.75) is 46.1 Å². The zero-order chi connectivity index (χ0) is 17.9. The predicted octanol–water partition coefficient (Wildman–Crippen LogP) is 3.38. The summed E-state index contributed by atoms with van der Waals surface area (Å²) < 4.78 is 10.4. The van der Waals surface area contributed by atoms with Gasteiger partial charge in [-0.3, -0.25) is 0 Å². The summed E-state index contributed by atoms with van der Waals surface area (Å²) in [6, 6.07) is 5.16. The minimum absolute atomic E-state index is 0.144. The molecule has 130 valence electrons. The van der Waals surface area contributed by atoms with E-state index in [1.807, 2.05) is 13.8 Å². The van der Waals surface area contributed by atoms with Gasteiger partial charge in [0.15, 0.2) is 5.82 Å². The number of nitrogens with zero attached hydrogens (tertiary/aromatic N) is 2. The molecule has 7 nitrogen and oxygen atoms in total. The van der Waals surface area contributed by atoms with Gasteiger partial charge in [0, 0.05) is 18.0 Å². The summed E-state index contributed by atoms with van der Waals surface area (Å²) in [5, 5.41) is 16.4. The maximum absolute atomic E-state index is 11.7. The Bertz CT molecular complexity index is 719. The van der Waals surface area contributed by atoms with Crippen LogP contribution in [0.25, 0.3) is 11.5 Å². The fourth-order valence-corrected chi connectivity index (χ4v) is 1.94. The maximum Gasteiger partial charge on any atom is 0.407 e. The Labute approximate surface area is 141 Å². The van der Waals surface area contributed by atoms with E-state index in [1.54, 1.807) is 39.0 Å². The summed E-state index contributed by atoms with van der Waals surface area (Å²) in [4.78, 5) is 16.0. The van der Waals surface area contributed by atoms with Crippen LogP contribution in [0.3, 0.4) is 0 Å². The molecule has 0 spiro atoms. The van der Waals surface area contributed by atoms with Crippen LogP contribution >= 0.6 is 0 Å². The van der Waals surface area contributed by atoms with Gasteiger partial charge in [-0.1, -0.05) is 18.1 Å². The number of hydrogen-bond acceptors (Lipinski definition) is 6. The van der Waals surface area contributed by atoms with Crippen LogP contribution in [0.15, 0.2) is 22.7 Å².